The summed E-state index contributed by atoms with van der Waals surface area (Å²) in [5.74, 6) is 0.430. The highest BCUT2D eigenvalue weighted by molar-refractivity contribution is 6.01. The van der Waals surface area contributed by atoms with Gasteiger partial charge in [0.05, 0.1) is 17.4 Å². The van der Waals surface area contributed by atoms with E-state index >= 15 is 0 Å². The molecule has 1 aliphatic heterocycles. The summed E-state index contributed by atoms with van der Waals surface area (Å²) < 4.78 is 0. The molecule has 29 heavy (non-hydrogen) atoms. The van der Waals surface area contributed by atoms with Crippen molar-refractivity contribution in [3.05, 3.63) is 107 Å². The summed E-state index contributed by atoms with van der Waals surface area (Å²) in [7, 11) is 0. The minimum Gasteiger partial charge on any atom is -0.372 e. The van der Waals surface area contributed by atoms with Gasteiger partial charge in [0, 0.05) is 17.7 Å². The van der Waals surface area contributed by atoms with Crippen LogP contribution in [0.3, 0.4) is 0 Å². The summed E-state index contributed by atoms with van der Waals surface area (Å²) in [6.07, 6.45) is 1.38. The summed E-state index contributed by atoms with van der Waals surface area (Å²) in [4.78, 5) is 13.5. The van der Waals surface area contributed by atoms with Crippen molar-refractivity contribution in [2.45, 2.75) is 31.7 Å². The Bertz CT molecular complexity index is 1100. The molecule has 0 amide bonds. The lowest BCUT2D eigenvalue weighted by atomic mass is 9.78. The van der Waals surface area contributed by atoms with Crippen LogP contribution in [0.15, 0.2) is 90.1 Å². The average Bonchev–Trinajstić information content (AvgIpc) is 2.91. The van der Waals surface area contributed by atoms with Crippen molar-refractivity contribution in [2.24, 2.45) is 0 Å². The van der Waals surface area contributed by atoms with Crippen molar-refractivity contribution in [1.29, 1.82) is 0 Å². The van der Waals surface area contributed by atoms with Crippen LogP contribution in [0.2, 0.25) is 0 Å². The predicted molar refractivity (Wildman–Crippen MR) is 118 cm³/mol. The minimum absolute atomic E-state index is 0.147. The van der Waals surface area contributed by atoms with Crippen LogP contribution in [0.1, 0.15) is 41.5 Å². The smallest absolute Gasteiger partial charge is 0.163 e. The Morgan fingerprint density at radius 2 is 1.48 bits per heavy atom. The molecule has 0 saturated heterocycles. The van der Waals surface area contributed by atoms with E-state index in [0.29, 0.717) is 6.42 Å². The number of benzene rings is 3. The van der Waals surface area contributed by atoms with Gasteiger partial charge in [-0.1, -0.05) is 66.7 Å². The number of hydrogen-bond donors (Lipinski definition) is 2. The first-order valence-electron chi connectivity index (χ1n) is 10.2. The highest BCUT2D eigenvalue weighted by Crippen LogP contribution is 2.44. The fourth-order valence-electron chi connectivity index (χ4n) is 4.60. The SMILES string of the molecule is Cc1ccccc1[C@H]1Nc2ccccc2NC2=C1C(=O)C[C@@H](c1ccccc1)C2. The number of anilines is 2. The van der Waals surface area contributed by atoms with Crippen LogP contribution in [0, 0.1) is 6.92 Å². The molecular formula is C26H24N2O. The molecule has 5 rings (SSSR count). The molecule has 1 heterocycles. The molecule has 3 nitrogen and oxygen atoms in total. The van der Waals surface area contributed by atoms with Gasteiger partial charge < -0.3 is 10.6 Å². The first-order chi connectivity index (χ1) is 14.2. The molecule has 0 unspecified atom stereocenters. The lowest BCUT2D eigenvalue weighted by Gasteiger charge is -2.30. The molecular weight excluding hydrogens is 356 g/mol. The number of hydrogen-bond acceptors (Lipinski definition) is 3. The molecule has 2 aliphatic rings. The van der Waals surface area contributed by atoms with Gasteiger partial charge in [-0.25, -0.2) is 0 Å². The molecule has 3 heteroatoms. The summed E-state index contributed by atoms with van der Waals surface area (Å²) in [5, 5.41) is 7.27. The second-order valence-electron chi connectivity index (χ2n) is 7.94. The number of fused-ring (bicyclic) bond motifs is 1. The average molecular weight is 380 g/mol. The number of carbonyl (C=O) groups is 1. The van der Waals surface area contributed by atoms with Crippen molar-refractivity contribution < 1.29 is 4.79 Å². The summed E-state index contributed by atoms with van der Waals surface area (Å²) >= 11 is 0. The van der Waals surface area contributed by atoms with E-state index in [4.69, 9.17) is 0 Å². The van der Waals surface area contributed by atoms with Crippen LogP contribution in [0.4, 0.5) is 11.4 Å². The van der Waals surface area contributed by atoms with E-state index in [9.17, 15) is 4.79 Å². The van der Waals surface area contributed by atoms with Crippen LogP contribution in [0.5, 0.6) is 0 Å². The second kappa shape index (κ2) is 7.25. The standard InChI is InChI=1S/C26H24N2O/c1-17-9-5-6-12-20(17)26-25-23(27-21-13-7-8-14-22(21)28-26)15-19(16-24(25)29)18-10-3-2-4-11-18/h2-14,19,26-28H,15-16H2,1H3/t19-,26+/m0/s1. The number of carbonyl (C=O) groups excluding carboxylic acids is 1. The van der Waals surface area contributed by atoms with Crippen molar-refractivity contribution in [1.82, 2.24) is 0 Å². The molecule has 144 valence electrons. The zero-order chi connectivity index (χ0) is 19.8. The Hall–Kier alpha value is -3.33. The molecule has 0 spiro atoms. The summed E-state index contributed by atoms with van der Waals surface area (Å²) in [5.41, 5.74) is 7.55. The zero-order valence-electron chi connectivity index (χ0n) is 16.5. The first kappa shape index (κ1) is 17.7. The normalized spacial score (nSPS) is 20.8. The molecule has 0 bridgehead atoms. The largest absolute Gasteiger partial charge is 0.372 e. The van der Waals surface area contributed by atoms with Gasteiger partial charge in [-0.3, -0.25) is 4.79 Å². The summed E-state index contributed by atoms with van der Waals surface area (Å²) in [6.45, 7) is 2.11. The van der Waals surface area contributed by atoms with Crippen LogP contribution < -0.4 is 10.6 Å². The monoisotopic (exact) mass is 380 g/mol. The van der Waals surface area contributed by atoms with E-state index in [1.54, 1.807) is 0 Å². The van der Waals surface area contributed by atoms with E-state index in [0.717, 1.165) is 34.6 Å². The Balaban J connectivity index is 1.64. The summed E-state index contributed by atoms with van der Waals surface area (Å²) in [6, 6.07) is 26.8. The first-order valence-corrected chi connectivity index (χ1v) is 10.2. The van der Waals surface area contributed by atoms with Crippen LogP contribution >= 0.6 is 0 Å². The molecule has 2 N–H and O–H groups in total. The van der Waals surface area contributed by atoms with E-state index < -0.39 is 0 Å². The van der Waals surface area contributed by atoms with E-state index in [1.165, 1.54) is 11.1 Å². The number of Topliss-reactive ketones (excluding diaryl/α,β-unsaturated/α-hetero) is 1. The Morgan fingerprint density at radius 3 is 2.28 bits per heavy atom. The van der Waals surface area contributed by atoms with Crippen molar-refractivity contribution in [3.8, 4) is 0 Å². The van der Waals surface area contributed by atoms with Gasteiger partial charge >= 0.3 is 0 Å². The van der Waals surface area contributed by atoms with Crippen LogP contribution in [-0.4, -0.2) is 5.78 Å². The van der Waals surface area contributed by atoms with Crippen molar-refractivity contribution >= 4 is 17.2 Å². The second-order valence-corrected chi connectivity index (χ2v) is 7.94. The Morgan fingerprint density at radius 1 is 0.793 bits per heavy atom. The van der Waals surface area contributed by atoms with Gasteiger partial charge in [0.1, 0.15) is 0 Å². The van der Waals surface area contributed by atoms with Gasteiger partial charge in [0.2, 0.25) is 0 Å². The molecule has 0 radical (unpaired) electrons. The maximum absolute atomic E-state index is 13.5. The molecule has 0 saturated carbocycles. The third kappa shape index (κ3) is 3.23. The maximum atomic E-state index is 13.5. The molecule has 3 aromatic carbocycles. The molecule has 1 aliphatic carbocycles. The number of ketones is 1. The van der Waals surface area contributed by atoms with Crippen molar-refractivity contribution in [2.75, 3.05) is 10.6 Å². The molecule has 2 atom stereocenters. The van der Waals surface area contributed by atoms with E-state index in [-0.39, 0.29) is 17.7 Å². The molecule has 0 aromatic heterocycles. The van der Waals surface area contributed by atoms with Gasteiger partial charge in [-0.2, -0.15) is 0 Å². The maximum Gasteiger partial charge on any atom is 0.163 e. The minimum atomic E-state index is -0.147. The van der Waals surface area contributed by atoms with Gasteiger partial charge in [-0.15, -0.1) is 0 Å². The molecule has 0 fully saturated rings. The highest BCUT2D eigenvalue weighted by Gasteiger charge is 2.36. The number of aryl methyl sites for hydroxylation is 1. The van der Waals surface area contributed by atoms with E-state index in [1.807, 2.05) is 24.3 Å². The predicted octanol–water partition coefficient (Wildman–Crippen LogP) is 5.97. The van der Waals surface area contributed by atoms with Gasteiger partial charge in [0.25, 0.3) is 0 Å². The number of nitrogens with one attached hydrogen (secondary N) is 2. The zero-order valence-corrected chi connectivity index (χ0v) is 16.5. The Kier molecular flexibility index (Phi) is 4.44. The fraction of sp³-hybridized carbons (Fsp3) is 0.192. The fourth-order valence-corrected chi connectivity index (χ4v) is 4.60. The topological polar surface area (TPSA) is 41.1 Å². The van der Waals surface area contributed by atoms with Gasteiger partial charge in [-0.05, 0) is 48.1 Å². The van der Waals surface area contributed by atoms with E-state index in [2.05, 4.69) is 72.2 Å². The number of rotatable bonds is 2. The number of allylic oxidation sites excluding steroid dienone is 1. The lowest BCUT2D eigenvalue weighted by Crippen LogP contribution is -2.27. The quantitative estimate of drug-likeness (QED) is 0.575. The lowest BCUT2D eigenvalue weighted by molar-refractivity contribution is -0.116. The van der Waals surface area contributed by atoms with Crippen molar-refractivity contribution in [3.63, 3.8) is 0 Å². The third-order valence-electron chi connectivity index (χ3n) is 6.08. The van der Waals surface area contributed by atoms with Gasteiger partial charge in [0.15, 0.2) is 5.78 Å². The number of para-hydroxylation sites is 2. The van der Waals surface area contributed by atoms with Crippen LogP contribution in [0.25, 0.3) is 0 Å². The Labute approximate surface area is 171 Å². The third-order valence-corrected chi connectivity index (χ3v) is 6.08. The molecule has 3 aromatic rings. The highest BCUT2D eigenvalue weighted by atomic mass is 16.1. The van der Waals surface area contributed by atoms with Crippen LogP contribution in [-0.2, 0) is 4.79 Å².